The molecule has 0 atom stereocenters. The van der Waals surface area contributed by atoms with Gasteiger partial charge in [0.25, 0.3) is 5.89 Å². The molecule has 1 aliphatic heterocycles. The molecule has 0 saturated carbocycles. The lowest BCUT2D eigenvalue weighted by Crippen LogP contribution is -2.45. The Labute approximate surface area is 192 Å². The third kappa shape index (κ3) is 4.01. The molecule has 7 nitrogen and oxygen atoms in total. The zero-order chi connectivity index (χ0) is 22.1. The first kappa shape index (κ1) is 20.7. The van der Waals surface area contributed by atoms with Gasteiger partial charge < -0.3 is 19.1 Å². The van der Waals surface area contributed by atoms with Crippen LogP contribution in [0.2, 0.25) is 5.02 Å². The van der Waals surface area contributed by atoms with Crippen LogP contribution in [0.15, 0.2) is 59.1 Å². The van der Waals surface area contributed by atoms with Gasteiger partial charge in [0, 0.05) is 62.6 Å². The summed E-state index contributed by atoms with van der Waals surface area (Å²) in [6.45, 7) is 4.87. The van der Waals surface area contributed by atoms with Gasteiger partial charge in [0.2, 0.25) is 0 Å². The van der Waals surface area contributed by atoms with E-state index in [1.54, 1.807) is 6.20 Å². The molecule has 1 fully saturated rings. The van der Waals surface area contributed by atoms with E-state index in [1.807, 2.05) is 36.2 Å². The van der Waals surface area contributed by atoms with Crippen molar-refractivity contribution in [2.45, 2.75) is 6.54 Å². The minimum Gasteiger partial charge on any atom is -0.403 e. The van der Waals surface area contributed by atoms with Gasteiger partial charge in [-0.3, -0.25) is 4.98 Å². The lowest BCUT2D eigenvalue weighted by Gasteiger charge is -2.35. The van der Waals surface area contributed by atoms with E-state index < -0.39 is 0 Å². The van der Waals surface area contributed by atoms with E-state index >= 15 is 0 Å². The second-order valence-electron chi connectivity index (χ2n) is 8.16. The van der Waals surface area contributed by atoms with Gasteiger partial charge >= 0.3 is 6.01 Å². The predicted octanol–water partition coefficient (Wildman–Crippen LogP) is 4.33. The minimum absolute atomic E-state index is 0.453. The summed E-state index contributed by atoms with van der Waals surface area (Å²) in [6, 6.07) is 16.6. The first-order valence-electron chi connectivity index (χ1n) is 10.7. The van der Waals surface area contributed by atoms with Crippen LogP contribution in [0.4, 0.5) is 11.7 Å². The molecule has 0 amide bonds. The summed E-state index contributed by atoms with van der Waals surface area (Å²) in [6.07, 6.45) is 1.71. The summed E-state index contributed by atoms with van der Waals surface area (Å²) in [7, 11) is 4.14. The molecule has 164 valence electrons. The number of benzene rings is 2. The average molecular weight is 449 g/mol. The molecule has 0 unspecified atom stereocenters. The summed E-state index contributed by atoms with van der Waals surface area (Å²) < 4.78 is 6.06. The van der Waals surface area contributed by atoms with Crippen molar-refractivity contribution in [1.29, 1.82) is 0 Å². The molecule has 5 rings (SSSR count). The normalized spacial score (nSPS) is 14.8. The molecule has 2 aromatic carbocycles. The highest BCUT2D eigenvalue weighted by Gasteiger charge is 2.20. The lowest BCUT2D eigenvalue weighted by atomic mass is 10.1. The Morgan fingerprint density at radius 1 is 1.00 bits per heavy atom. The van der Waals surface area contributed by atoms with Crippen molar-refractivity contribution < 1.29 is 4.42 Å². The smallest absolute Gasteiger partial charge is 0.318 e. The van der Waals surface area contributed by atoms with Gasteiger partial charge in [-0.05, 0) is 30.8 Å². The maximum atomic E-state index is 6.31. The average Bonchev–Trinajstić information content (AvgIpc) is 3.30. The third-order valence-corrected chi connectivity index (χ3v) is 6.24. The Kier molecular flexibility index (Phi) is 5.68. The Morgan fingerprint density at radius 2 is 1.81 bits per heavy atom. The number of halogens is 1. The van der Waals surface area contributed by atoms with Gasteiger partial charge in [-0.25, -0.2) is 0 Å². The van der Waals surface area contributed by atoms with Gasteiger partial charge in [-0.2, -0.15) is 0 Å². The van der Waals surface area contributed by atoms with Gasteiger partial charge in [0.15, 0.2) is 0 Å². The fraction of sp³-hybridized carbons (Fsp3) is 0.292. The number of aromatic nitrogens is 3. The molecule has 0 aliphatic carbocycles. The maximum Gasteiger partial charge on any atom is 0.318 e. The number of likely N-dealkylation sites (N-methyl/N-ethyl adjacent to an activating group) is 1. The van der Waals surface area contributed by atoms with Gasteiger partial charge in [-0.15, -0.1) is 5.10 Å². The first-order chi connectivity index (χ1) is 15.6. The highest BCUT2D eigenvalue weighted by molar-refractivity contribution is 6.35. The molecule has 4 aromatic rings. The van der Waals surface area contributed by atoms with Crippen LogP contribution in [-0.4, -0.2) is 60.4 Å². The fourth-order valence-corrected chi connectivity index (χ4v) is 4.35. The van der Waals surface area contributed by atoms with E-state index in [4.69, 9.17) is 16.0 Å². The maximum absolute atomic E-state index is 6.31. The number of nitrogens with zero attached hydrogens (tertiary/aromatic N) is 6. The van der Waals surface area contributed by atoms with Crippen LogP contribution < -0.4 is 9.80 Å². The minimum atomic E-state index is 0.453. The van der Waals surface area contributed by atoms with Gasteiger partial charge in [0.05, 0.1) is 10.5 Å². The molecule has 3 heterocycles. The monoisotopic (exact) mass is 448 g/mol. The van der Waals surface area contributed by atoms with Crippen molar-refractivity contribution >= 4 is 34.2 Å². The summed E-state index contributed by atoms with van der Waals surface area (Å²) in [4.78, 5) is 11.2. The summed E-state index contributed by atoms with van der Waals surface area (Å²) in [5.74, 6) is 0.453. The predicted molar refractivity (Wildman–Crippen MR) is 128 cm³/mol. The largest absolute Gasteiger partial charge is 0.403 e. The second-order valence-corrected chi connectivity index (χ2v) is 8.57. The zero-order valence-corrected chi connectivity index (χ0v) is 19.0. The lowest BCUT2D eigenvalue weighted by molar-refractivity contribution is 0.312. The van der Waals surface area contributed by atoms with E-state index in [0.717, 1.165) is 42.6 Å². The molecular weight excluding hydrogens is 424 g/mol. The van der Waals surface area contributed by atoms with E-state index in [2.05, 4.69) is 56.3 Å². The number of pyridine rings is 1. The Hall–Kier alpha value is -3.16. The highest BCUT2D eigenvalue weighted by atomic mass is 35.5. The number of piperazine rings is 1. The molecule has 8 heteroatoms. The molecule has 0 radical (unpaired) electrons. The molecule has 2 aromatic heterocycles. The zero-order valence-electron chi connectivity index (χ0n) is 18.2. The van der Waals surface area contributed by atoms with Crippen molar-refractivity contribution in [1.82, 2.24) is 20.1 Å². The van der Waals surface area contributed by atoms with E-state index in [1.165, 1.54) is 11.3 Å². The van der Waals surface area contributed by atoms with E-state index in [-0.39, 0.29) is 0 Å². The summed E-state index contributed by atoms with van der Waals surface area (Å²) in [5, 5.41) is 10.1. The fourth-order valence-electron chi connectivity index (χ4n) is 4.13. The van der Waals surface area contributed by atoms with Crippen molar-refractivity contribution in [3.05, 3.63) is 65.3 Å². The highest BCUT2D eigenvalue weighted by Crippen LogP contribution is 2.32. The van der Waals surface area contributed by atoms with Gasteiger partial charge in [-0.1, -0.05) is 47.0 Å². The van der Waals surface area contributed by atoms with Crippen LogP contribution >= 0.6 is 11.6 Å². The molecule has 0 spiro atoms. The molecule has 0 N–H and O–H groups in total. The Morgan fingerprint density at radius 3 is 2.66 bits per heavy atom. The second kappa shape index (κ2) is 8.76. The molecule has 0 bridgehead atoms. The molecule has 1 saturated heterocycles. The van der Waals surface area contributed by atoms with Crippen LogP contribution in [0.25, 0.3) is 22.4 Å². The third-order valence-electron chi connectivity index (χ3n) is 5.94. The topological polar surface area (TPSA) is 61.5 Å². The SMILES string of the molecule is CN1CCN(c2ccccc2CN(C)c2nnc(-c3ccnc4c(Cl)cccc34)o2)CC1. The van der Waals surface area contributed by atoms with Gasteiger partial charge in [0.1, 0.15) is 0 Å². The number of hydrogen-bond acceptors (Lipinski definition) is 7. The number of para-hydroxylation sites is 2. The van der Waals surface area contributed by atoms with Crippen LogP contribution in [0.5, 0.6) is 0 Å². The van der Waals surface area contributed by atoms with Crippen LogP contribution in [0.3, 0.4) is 0 Å². The molecular formula is C24H25ClN6O. The Balaban J connectivity index is 1.39. The van der Waals surface area contributed by atoms with E-state index in [0.29, 0.717) is 23.5 Å². The van der Waals surface area contributed by atoms with Crippen LogP contribution in [0, 0.1) is 0 Å². The summed E-state index contributed by atoms with van der Waals surface area (Å²) in [5.41, 5.74) is 4.05. The van der Waals surface area contributed by atoms with Crippen LogP contribution in [-0.2, 0) is 6.54 Å². The molecule has 32 heavy (non-hydrogen) atoms. The summed E-state index contributed by atoms with van der Waals surface area (Å²) >= 11 is 6.31. The number of hydrogen-bond donors (Lipinski definition) is 0. The number of anilines is 2. The van der Waals surface area contributed by atoms with Crippen molar-refractivity contribution in [3.8, 4) is 11.5 Å². The molecule has 1 aliphatic rings. The van der Waals surface area contributed by atoms with Crippen molar-refractivity contribution in [2.75, 3.05) is 50.1 Å². The Bertz CT molecular complexity index is 1230. The number of fused-ring (bicyclic) bond motifs is 1. The van der Waals surface area contributed by atoms with Crippen molar-refractivity contribution in [3.63, 3.8) is 0 Å². The first-order valence-corrected chi connectivity index (χ1v) is 11.1. The number of rotatable bonds is 5. The van der Waals surface area contributed by atoms with Crippen LogP contribution in [0.1, 0.15) is 5.56 Å². The van der Waals surface area contributed by atoms with E-state index in [9.17, 15) is 0 Å². The standard InChI is InChI=1S/C24H25ClN6O/c1-29-12-14-31(15-13-29)21-9-4-3-6-17(21)16-30(2)24-28-27-23(32-24)19-10-11-26-22-18(19)7-5-8-20(22)25/h3-11H,12-16H2,1-2H3. The van der Waals surface area contributed by atoms with Crippen molar-refractivity contribution in [2.24, 2.45) is 0 Å². The quantitative estimate of drug-likeness (QED) is 0.450.